The highest BCUT2D eigenvalue weighted by molar-refractivity contribution is 6.33. The van der Waals surface area contributed by atoms with Gasteiger partial charge < -0.3 is 29.3 Å². The standard InChI is InChI=1S/C30H35ClF3N7O5/c1-7-21-24(39-10-12-40(13-11-39)28(45)46-29(2,3)4)25(43)23-26(35-15-20(37-23)27(44)38(5)6)41(21)16-22(42)36-19-9-8-17(14-18(19)31)30(32,33)34/h8-9,14-15H,7,10-13,16H2,1-6H3,(H,36,42). The molecule has 0 unspecified atom stereocenters. The monoisotopic (exact) mass is 665 g/mol. The molecule has 12 nitrogen and oxygen atoms in total. The largest absolute Gasteiger partial charge is 0.444 e. The third-order valence-corrected chi connectivity index (χ3v) is 7.43. The molecule has 3 heterocycles. The van der Waals surface area contributed by atoms with E-state index in [0.29, 0.717) is 11.8 Å². The molecule has 0 atom stereocenters. The number of piperazine rings is 1. The quantitative estimate of drug-likeness (QED) is 0.410. The topological polar surface area (TPSA) is 130 Å². The van der Waals surface area contributed by atoms with E-state index in [2.05, 4.69) is 15.3 Å². The maximum absolute atomic E-state index is 14.0. The minimum absolute atomic E-state index is 0.0356. The number of fused-ring (bicyclic) bond motifs is 1. The molecule has 0 spiro atoms. The van der Waals surface area contributed by atoms with Crippen molar-refractivity contribution in [2.45, 2.75) is 52.4 Å². The maximum atomic E-state index is 14.0. The summed E-state index contributed by atoms with van der Waals surface area (Å²) in [5.74, 6) is -1.14. The first-order chi connectivity index (χ1) is 21.4. The van der Waals surface area contributed by atoms with Gasteiger partial charge in [-0.05, 0) is 45.4 Å². The van der Waals surface area contributed by atoms with Crippen molar-refractivity contribution in [3.05, 3.63) is 56.6 Å². The van der Waals surface area contributed by atoms with Gasteiger partial charge in [0.05, 0.1) is 22.5 Å². The second-order valence-corrected chi connectivity index (χ2v) is 12.3. The Morgan fingerprint density at radius 1 is 1.09 bits per heavy atom. The van der Waals surface area contributed by atoms with Gasteiger partial charge in [0.25, 0.3) is 5.91 Å². The predicted molar refractivity (Wildman–Crippen MR) is 166 cm³/mol. The van der Waals surface area contributed by atoms with Crippen LogP contribution in [0.1, 0.15) is 49.4 Å². The van der Waals surface area contributed by atoms with Crippen molar-refractivity contribution in [3.63, 3.8) is 0 Å². The van der Waals surface area contributed by atoms with Crippen molar-refractivity contribution >= 4 is 52.0 Å². The van der Waals surface area contributed by atoms with E-state index in [1.54, 1.807) is 37.5 Å². The average molecular weight is 666 g/mol. The summed E-state index contributed by atoms with van der Waals surface area (Å²) in [6.07, 6.45) is -3.60. The van der Waals surface area contributed by atoms with Crippen LogP contribution in [0.2, 0.25) is 5.02 Å². The van der Waals surface area contributed by atoms with E-state index >= 15 is 0 Å². The summed E-state index contributed by atoms with van der Waals surface area (Å²) < 4.78 is 46.3. The van der Waals surface area contributed by atoms with Crippen LogP contribution < -0.4 is 15.6 Å². The van der Waals surface area contributed by atoms with Gasteiger partial charge >= 0.3 is 12.3 Å². The third-order valence-electron chi connectivity index (χ3n) is 7.12. The number of carbonyl (C=O) groups excluding carboxylic acids is 3. The molecule has 2 aromatic heterocycles. The molecule has 1 aromatic carbocycles. The Bertz CT molecular complexity index is 1730. The number of ether oxygens (including phenoxy) is 1. The number of nitrogens with one attached hydrogen (secondary N) is 1. The van der Waals surface area contributed by atoms with Crippen LogP contribution in [0.3, 0.4) is 0 Å². The molecular weight excluding hydrogens is 631 g/mol. The molecule has 0 radical (unpaired) electrons. The van der Waals surface area contributed by atoms with Crippen LogP contribution in [0.4, 0.5) is 29.3 Å². The van der Waals surface area contributed by atoms with E-state index in [0.717, 1.165) is 12.1 Å². The van der Waals surface area contributed by atoms with E-state index in [1.807, 2.05) is 0 Å². The minimum atomic E-state index is -4.61. The highest BCUT2D eigenvalue weighted by Crippen LogP contribution is 2.34. The molecule has 0 bridgehead atoms. The SMILES string of the molecule is CCc1c(N2CCN(C(=O)OC(C)(C)C)CC2)c(=O)c2nc(C(=O)N(C)C)cnc2n1CC(=O)Nc1ccc(C(F)(F)F)cc1Cl. The number of benzene rings is 1. The fourth-order valence-electron chi connectivity index (χ4n) is 4.98. The van der Waals surface area contributed by atoms with Gasteiger partial charge in [-0.1, -0.05) is 18.5 Å². The van der Waals surface area contributed by atoms with Gasteiger partial charge in [0.2, 0.25) is 11.3 Å². The minimum Gasteiger partial charge on any atom is -0.444 e. The van der Waals surface area contributed by atoms with Crippen molar-refractivity contribution < 1.29 is 32.3 Å². The van der Waals surface area contributed by atoms with Crippen LogP contribution in [0, 0.1) is 0 Å². The Kier molecular flexibility index (Phi) is 9.85. The van der Waals surface area contributed by atoms with Crippen LogP contribution in [-0.2, 0) is 28.7 Å². The molecule has 1 fully saturated rings. The average Bonchev–Trinajstić information content (AvgIpc) is 2.97. The number of nitrogens with zero attached hydrogens (tertiary/aromatic N) is 6. The first-order valence-corrected chi connectivity index (χ1v) is 14.8. The molecule has 1 saturated heterocycles. The number of pyridine rings is 1. The Labute approximate surface area is 268 Å². The van der Waals surface area contributed by atoms with Crippen molar-refractivity contribution in [1.82, 2.24) is 24.3 Å². The number of carbonyl (C=O) groups is 3. The number of halogens is 4. The molecule has 1 N–H and O–H groups in total. The van der Waals surface area contributed by atoms with Gasteiger partial charge in [-0.3, -0.25) is 14.4 Å². The zero-order valence-corrected chi connectivity index (χ0v) is 27.0. The smallest absolute Gasteiger partial charge is 0.416 e. The maximum Gasteiger partial charge on any atom is 0.416 e. The van der Waals surface area contributed by atoms with Crippen LogP contribution >= 0.6 is 11.6 Å². The highest BCUT2D eigenvalue weighted by Gasteiger charge is 2.32. The lowest BCUT2D eigenvalue weighted by atomic mass is 10.1. The second-order valence-electron chi connectivity index (χ2n) is 11.9. The number of rotatable bonds is 6. The Hall–Kier alpha value is -4.40. The van der Waals surface area contributed by atoms with Gasteiger partial charge in [0.15, 0.2) is 11.2 Å². The van der Waals surface area contributed by atoms with E-state index < -0.39 is 47.2 Å². The Balaban J connectivity index is 1.75. The first-order valence-electron chi connectivity index (χ1n) is 14.4. The number of alkyl halides is 3. The lowest BCUT2D eigenvalue weighted by Gasteiger charge is -2.37. The van der Waals surface area contributed by atoms with Crippen molar-refractivity contribution in [3.8, 4) is 0 Å². The second kappa shape index (κ2) is 13.1. The fourth-order valence-corrected chi connectivity index (χ4v) is 5.21. The molecule has 0 saturated carbocycles. The van der Waals surface area contributed by atoms with E-state index in [9.17, 15) is 32.3 Å². The van der Waals surface area contributed by atoms with Crippen molar-refractivity contribution in [2.24, 2.45) is 0 Å². The van der Waals surface area contributed by atoms with Crippen LogP contribution in [0.25, 0.3) is 11.2 Å². The Morgan fingerprint density at radius 3 is 2.28 bits per heavy atom. The molecular formula is C30H35ClF3N7O5. The summed E-state index contributed by atoms with van der Waals surface area (Å²) in [4.78, 5) is 66.1. The van der Waals surface area contributed by atoms with E-state index in [1.165, 1.54) is 29.8 Å². The summed E-state index contributed by atoms with van der Waals surface area (Å²) in [7, 11) is 3.05. The summed E-state index contributed by atoms with van der Waals surface area (Å²) in [5.41, 5.74) is -1.68. The van der Waals surface area contributed by atoms with E-state index in [-0.39, 0.29) is 65.9 Å². The van der Waals surface area contributed by atoms with Gasteiger partial charge in [0, 0.05) is 46.0 Å². The third kappa shape index (κ3) is 7.52. The van der Waals surface area contributed by atoms with Crippen molar-refractivity contribution in [1.29, 1.82) is 0 Å². The summed E-state index contributed by atoms with van der Waals surface area (Å²) in [5, 5.41) is 2.22. The highest BCUT2D eigenvalue weighted by atomic mass is 35.5. The summed E-state index contributed by atoms with van der Waals surface area (Å²) >= 11 is 6.06. The van der Waals surface area contributed by atoms with Crippen LogP contribution in [-0.4, -0.2) is 88.1 Å². The van der Waals surface area contributed by atoms with Gasteiger partial charge in [-0.25, -0.2) is 14.8 Å². The number of hydrogen-bond donors (Lipinski definition) is 1. The fraction of sp³-hybridized carbons (Fsp3) is 0.467. The zero-order chi connectivity index (χ0) is 34.1. The molecule has 1 aliphatic rings. The van der Waals surface area contributed by atoms with Crippen LogP contribution in [0.15, 0.2) is 29.2 Å². The molecule has 16 heteroatoms. The molecule has 1 aliphatic heterocycles. The van der Waals surface area contributed by atoms with Crippen LogP contribution in [0.5, 0.6) is 0 Å². The number of anilines is 2. The van der Waals surface area contributed by atoms with Gasteiger partial charge in [-0.2, -0.15) is 13.2 Å². The number of aromatic nitrogens is 3. The zero-order valence-electron chi connectivity index (χ0n) is 26.3. The molecule has 3 aromatic rings. The lowest BCUT2D eigenvalue weighted by Crippen LogP contribution is -2.51. The number of hydrogen-bond acceptors (Lipinski definition) is 8. The van der Waals surface area contributed by atoms with Gasteiger partial charge in [0.1, 0.15) is 23.5 Å². The first kappa shape index (κ1) is 34.5. The van der Waals surface area contributed by atoms with Crippen molar-refractivity contribution in [2.75, 3.05) is 50.5 Å². The predicted octanol–water partition coefficient (Wildman–Crippen LogP) is 4.42. The van der Waals surface area contributed by atoms with Gasteiger partial charge in [-0.15, -0.1) is 0 Å². The normalized spacial score (nSPS) is 14.0. The summed E-state index contributed by atoms with van der Waals surface area (Å²) in [6, 6.07) is 2.58. The molecule has 46 heavy (non-hydrogen) atoms. The Morgan fingerprint density at radius 2 is 1.74 bits per heavy atom. The molecule has 0 aliphatic carbocycles. The van der Waals surface area contributed by atoms with E-state index in [4.69, 9.17) is 16.3 Å². The molecule has 248 valence electrons. The molecule has 4 rings (SSSR count). The molecule has 3 amide bonds. The lowest BCUT2D eigenvalue weighted by molar-refractivity contribution is -0.137. The number of amides is 3. The summed E-state index contributed by atoms with van der Waals surface area (Å²) in [6.45, 7) is 7.74.